The third kappa shape index (κ3) is 2.66. The van der Waals surface area contributed by atoms with Crippen molar-refractivity contribution >= 4 is 11.6 Å². The minimum absolute atomic E-state index is 0.0655. The Morgan fingerprint density at radius 3 is 2.48 bits per heavy atom. The van der Waals surface area contributed by atoms with Gasteiger partial charge in [-0.15, -0.1) is 0 Å². The van der Waals surface area contributed by atoms with Crippen LogP contribution in [0, 0.1) is 0 Å². The fourth-order valence-corrected chi connectivity index (χ4v) is 3.38. The molecule has 1 aliphatic heterocycles. The van der Waals surface area contributed by atoms with Crippen LogP contribution >= 0.6 is 0 Å². The molecule has 3 heteroatoms. The highest BCUT2D eigenvalue weighted by atomic mass is 16.2. The van der Waals surface area contributed by atoms with Gasteiger partial charge in [-0.2, -0.15) is 0 Å². The lowest BCUT2D eigenvalue weighted by Crippen LogP contribution is -2.35. The van der Waals surface area contributed by atoms with Gasteiger partial charge in [0.05, 0.1) is 5.41 Å². The Bertz CT molecular complexity index is 722. The van der Waals surface area contributed by atoms with Crippen molar-refractivity contribution in [3.8, 4) is 0 Å². The molecule has 2 aromatic carbocycles. The summed E-state index contributed by atoms with van der Waals surface area (Å²) in [6, 6.07) is 16.4. The summed E-state index contributed by atoms with van der Waals surface area (Å²) in [5.41, 5.74) is 10.4. The normalized spacial score (nSPS) is 17.2. The van der Waals surface area contributed by atoms with Gasteiger partial charge in [-0.1, -0.05) is 42.5 Å². The summed E-state index contributed by atoms with van der Waals surface area (Å²) in [6.45, 7) is 6.70. The molecule has 0 spiro atoms. The molecule has 1 atom stereocenters. The number of fused-ring (bicyclic) bond motifs is 1. The molecule has 23 heavy (non-hydrogen) atoms. The number of likely N-dealkylation sites (N-methyl/N-ethyl adjacent to an activating group) is 1. The summed E-state index contributed by atoms with van der Waals surface area (Å²) in [4.78, 5) is 14.4. The van der Waals surface area contributed by atoms with Crippen molar-refractivity contribution in [1.29, 1.82) is 0 Å². The molecule has 0 fully saturated rings. The second-order valence-electron chi connectivity index (χ2n) is 6.75. The van der Waals surface area contributed by atoms with Crippen molar-refractivity contribution in [2.24, 2.45) is 5.73 Å². The van der Waals surface area contributed by atoms with E-state index in [1.807, 2.05) is 49.9 Å². The van der Waals surface area contributed by atoms with Crippen molar-refractivity contribution in [3.05, 3.63) is 65.2 Å². The van der Waals surface area contributed by atoms with Crippen LogP contribution < -0.4 is 10.6 Å². The molecule has 2 N–H and O–H groups in total. The highest BCUT2D eigenvalue weighted by molar-refractivity contribution is 6.07. The largest absolute Gasteiger partial charge is 0.324 e. The standard InChI is InChI=1S/C20H24N2O/c1-4-22-18-11-10-15(13-16(18)20(2,3)19(22)23)17(21)12-14-8-6-5-7-9-14/h5-11,13,17H,4,12,21H2,1-3H3. The van der Waals surface area contributed by atoms with E-state index in [2.05, 4.69) is 24.3 Å². The number of rotatable bonds is 4. The Morgan fingerprint density at radius 2 is 1.83 bits per heavy atom. The summed E-state index contributed by atoms with van der Waals surface area (Å²) in [7, 11) is 0. The SMILES string of the molecule is CCN1C(=O)C(C)(C)c2cc(C(N)Cc3ccccc3)ccc21. The van der Waals surface area contributed by atoms with Crippen LogP contribution in [-0.4, -0.2) is 12.5 Å². The van der Waals surface area contributed by atoms with Crippen molar-refractivity contribution in [3.63, 3.8) is 0 Å². The maximum atomic E-state index is 12.6. The Kier molecular flexibility index (Phi) is 3.99. The van der Waals surface area contributed by atoms with E-state index in [-0.39, 0.29) is 11.9 Å². The third-order valence-corrected chi connectivity index (χ3v) is 4.81. The van der Waals surface area contributed by atoms with Crippen LogP contribution in [0.25, 0.3) is 0 Å². The molecule has 3 nitrogen and oxygen atoms in total. The first kappa shape index (κ1) is 15.8. The van der Waals surface area contributed by atoms with Crippen molar-refractivity contribution < 1.29 is 4.79 Å². The molecule has 1 amide bonds. The van der Waals surface area contributed by atoms with Gasteiger partial charge in [-0.05, 0) is 49.9 Å². The number of nitrogens with two attached hydrogens (primary N) is 1. The Balaban J connectivity index is 1.92. The van der Waals surface area contributed by atoms with E-state index >= 15 is 0 Å². The van der Waals surface area contributed by atoms with Crippen LogP contribution in [0.5, 0.6) is 0 Å². The van der Waals surface area contributed by atoms with E-state index in [1.54, 1.807) is 0 Å². The van der Waals surface area contributed by atoms with E-state index in [4.69, 9.17) is 5.73 Å². The molecule has 1 heterocycles. The summed E-state index contributed by atoms with van der Waals surface area (Å²) < 4.78 is 0. The van der Waals surface area contributed by atoms with Gasteiger partial charge in [-0.25, -0.2) is 0 Å². The highest BCUT2D eigenvalue weighted by Gasteiger charge is 2.43. The number of carbonyl (C=O) groups excluding carboxylic acids is 1. The minimum atomic E-state index is -0.478. The second kappa shape index (κ2) is 5.82. The molecule has 2 aromatic rings. The quantitative estimate of drug-likeness (QED) is 0.938. The van der Waals surface area contributed by atoms with Crippen LogP contribution in [0.2, 0.25) is 0 Å². The molecule has 0 aliphatic carbocycles. The van der Waals surface area contributed by atoms with Crippen molar-refractivity contribution in [2.45, 2.75) is 38.6 Å². The first-order valence-corrected chi connectivity index (χ1v) is 8.21. The highest BCUT2D eigenvalue weighted by Crippen LogP contribution is 2.42. The van der Waals surface area contributed by atoms with E-state index in [1.165, 1.54) is 5.56 Å². The van der Waals surface area contributed by atoms with Gasteiger partial charge in [0, 0.05) is 18.3 Å². The van der Waals surface area contributed by atoms with E-state index in [9.17, 15) is 4.79 Å². The molecule has 3 rings (SSSR count). The number of amides is 1. The molecular weight excluding hydrogens is 284 g/mol. The second-order valence-corrected chi connectivity index (χ2v) is 6.75. The van der Waals surface area contributed by atoms with E-state index in [0.717, 1.165) is 23.2 Å². The number of carbonyl (C=O) groups is 1. The fraction of sp³-hybridized carbons (Fsp3) is 0.350. The minimum Gasteiger partial charge on any atom is -0.324 e. The number of benzene rings is 2. The van der Waals surface area contributed by atoms with Crippen LogP contribution in [0.3, 0.4) is 0 Å². The monoisotopic (exact) mass is 308 g/mol. The maximum absolute atomic E-state index is 12.6. The van der Waals surface area contributed by atoms with Crippen LogP contribution in [0.4, 0.5) is 5.69 Å². The maximum Gasteiger partial charge on any atom is 0.237 e. The molecular formula is C20H24N2O. The lowest BCUT2D eigenvalue weighted by atomic mass is 9.84. The third-order valence-electron chi connectivity index (χ3n) is 4.81. The Labute approximate surface area is 138 Å². The molecule has 0 aromatic heterocycles. The van der Waals surface area contributed by atoms with Gasteiger partial charge in [0.15, 0.2) is 0 Å². The zero-order valence-corrected chi connectivity index (χ0v) is 14.0. The zero-order chi connectivity index (χ0) is 16.6. The van der Waals surface area contributed by atoms with Crippen LogP contribution in [0.1, 0.15) is 43.5 Å². The van der Waals surface area contributed by atoms with E-state index in [0.29, 0.717) is 6.54 Å². The Morgan fingerprint density at radius 1 is 1.13 bits per heavy atom. The fourth-order valence-electron chi connectivity index (χ4n) is 3.38. The first-order valence-electron chi connectivity index (χ1n) is 8.21. The average Bonchev–Trinajstić information content (AvgIpc) is 2.74. The van der Waals surface area contributed by atoms with Crippen molar-refractivity contribution in [2.75, 3.05) is 11.4 Å². The zero-order valence-electron chi connectivity index (χ0n) is 14.0. The van der Waals surface area contributed by atoms with Gasteiger partial charge in [-0.3, -0.25) is 4.79 Å². The number of hydrogen-bond donors (Lipinski definition) is 1. The lowest BCUT2D eigenvalue weighted by molar-refractivity contribution is -0.122. The summed E-state index contributed by atoms with van der Waals surface area (Å²) >= 11 is 0. The van der Waals surface area contributed by atoms with Crippen LogP contribution in [0.15, 0.2) is 48.5 Å². The van der Waals surface area contributed by atoms with Gasteiger partial charge < -0.3 is 10.6 Å². The molecule has 1 aliphatic rings. The summed E-state index contributed by atoms with van der Waals surface area (Å²) in [6.07, 6.45) is 0.797. The molecule has 1 unspecified atom stereocenters. The Hall–Kier alpha value is -2.13. The number of hydrogen-bond acceptors (Lipinski definition) is 2. The predicted molar refractivity (Wildman–Crippen MR) is 94.6 cm³/mol. The lowest BCUT2D eigenvalue weighted by Gasteiger charge is -2.18. The summed E-state index contributed by atoms with van der Waals surface area (Å²) in [5, 5.41) is 0. The van der Waals surface area contributed by atoms with Crippen molar-refractivity contribution in [1.82, 2.24) is 0 Å². The molecule has 0 saturated carbocycles. The topological polar surface area (TPSA) is 46.3 Å². The van der Waals surface area contributed by atoms with Gasteiger partial charge in [0.25, 0.3) is 0 Å². The molecule has 0 saturated heterocycles. The van der Waals surface area contributed by atoms with E-state index < -0.39 is 5.41 Å². The predicted octanol–water partition coefficient (Wildman–Crippen LogP) is 3.57. The van der Waals surface area contributed by atoms with Gasteiger partial charge in [0.1, 0.15) is 0 Å². The summed E-state index contributed by atoms with van der Waals surface area (Å²) in [5.74, 6) is 0.170. The number of anilines is 1. The van der Waals surface area contributed by atoms with Crippen LogP contribution in [-0.2, 0) is 16.6 Å². The number of nitrogens with zero attached hydrogens (tertiary/aromatic N) is 1. The van der Waals surface area contributed by atoms with Gasteiger partial charge in [0.2, 0.25) is 5.91 Å². The molecule has 0 bridgehead atoms. The first-order chi connectivity index (χ1) is 10.9. The van der Waals surface area contributed by atoms with Gasteiger partial charge >= 0.3 is 0 Å². The average molecular weight is 308 g/mol. The molecule has 120 valence electrons. The smallest absolute Gasteiger partial charge is 0.237 e. The molecule has 0 radical (unpaired) electrons.